The van der Waals surface area contributed by atoms with Crippen LogP contribution in [0.2, 0.25) is 0 Å². The Bertz CT molecular complexity index is 1290. The number of hydrogen-bond donors (Lipinski definition) is 0. The summed E-state index contributed by atoms with van der Waals surface area (Å²) < 4.78 is 15.0. The monoisotopic (exact) mass is 429 g/mol. The first-order chi connectivity index (χ1) is 15.5. The molecule has 0 spiro atoms. The van der Waals surface area contributed by atoms with Crippen molar-refractivity contribution in [3.8, 4) is 11.4 Å². The van der Waals surface area contributed by atoms with E-state index in [9.17, 15) is 9.18 Å². The van der Waals surface area contributed by atoms with Crippen LogP contribution in [0.25, 0.3) is 17.0 Å². The summed E-state index contributed by atoms with van der Waals surface area (Å²) in [4.78, 5) is 17.4. The summed E-state index contributed by atoms with van der Waals surface area (Å²) in [5.41, 5.74) is 5.76. The minimum Gasteiger partial charge on any atom is -0.368 e. The van der Waals surface area contributed by atoms with Crippen LogP contribution in [0.3, 0.4) is 0 Å². The third-order valence-corrected chi connectivity index (χ3v) is 6.24. The van der Waals surface area contributed by atoms with Gasteiger partial charge in [0.25, 0.3) is 5.91 Å². The molecule has 0 bridgehead atoms. The molecule has 1 saturated heterocycles. The van der Waals surface area contributed by atoms with Crippen molar-refractivity contribution in [1.82, 2.24) is 19.5 Å². The number of nitrogens with zero attached hydrogens (tertiary/aromatic N) is 5. The quantitative estimate of drug-likeness (QED) is 0.492. The van der Waals surface area contributed by atoms with Crippen LogP contribution in [-0.4, -0.2) is 51.6 Å². The van der Waals surface area contributed by atoms with E-state index in [2.05, 4.69) is 47.1 Å². The van der Waals surface area contributed by atoms with Gasteiger partial charge in [0.1, 0.15) is 5.82 Å². The fourth-order valence-electron chi connectivity index (χ4n) is 4.23. The van der Waals surface area contributed by atoms with Crippen LogP contribution in [0.4, 0.5) is 10.1 Å². The number of rotatable bonds is 3. The number of aromatic nitrogens is 3. The molecule has 0 radical (unpaired) electrons. The number of amides is 1. The highest BCUT2D eigenvalue weighted by Crippen LogP contribution is 2.25. The third-order valence-electron chi connectivity index (χ3n) is 6.24. The van der Waals surface area contributed by atoms with Gasteiger partial charge in [-0.15, -0.1) is 10.2 Å². The minimum atomic E-state index is -0.298. The van der Waals surface area contributed by atoms with E-state index in [1.165, 1.54) is 28.9 Å². The van der Waals surface area contributed by atoms with Gasteiger partial charge in [-0.25, -0.2) is 4.39 Å². The average molecular weight is 429 g/mol. The number of piperazine rings is 1. The van der Waals surface area contributed by atoms with Crippen LogP contribution in [0.5, 0.6) is 0 Å². The first kappa shape index (κ1) is 20.2. The number of carbonyl (C=O) groups excluding carboxylic acids is 1. The van der Waals surface area contributed by atoms with Crippen molar-refractivity contribution in [1.29, 1.82) is 0 Å². The van der Waals surface area contributed by atoms with Gasteiger partial charge in [0.05, 0.1) is 0 Å². The van der Waals surface area contributed by atoms with E-state index in [-0.39, 0.29) is 11.7 Å². The Hall–Kier alpha value is -3.74. The molecule has 162 valence electrons. The predicted molar refractivity (Wildman–Crippen MR) is 122 cm³/mol. The molecule has 1 amide bonds. The van der Waals surface area contributed by atoms with Crippen LogP contribution in [-0.2, 0) is 0 Å². The summed E-state index contributed by atoms with van der Waals surface area (Å²) in [5.74, 6) is 0.314. The number of fused-ring (bicyclic) bond motifs is 1. The number of benzene rings is 2. The van der Waals surface area contributed by atoms with Gasteiger partial charge < -0.3 is 9.80 Å². The second-order valence-electron chi connectivity index (χ2n) is 8.17. The van der Waals surface area contributed by atoms with E-state index >= 15 is 0 Å². The Kier molecular flexibility index (Phi) is 5.09. The largest absolute Gasteiger partial charge is 0.368 e. The van der Waals surface area contributed by atoms with E-state index in [4.69, 9.17) is 0 Å². The molecule has 4 aromatic rings. The summed E-state index contributed by atoms with van der Waals surface area (Å²) in [5, 5.41) is 8.44. The average Bonchev–Trinajstić information content (AvgIpc) is 3.24. The fourth-order valence-corrected chi connectivity index (χ4v) is 4.23. The Balaban J connectivity index is 1.32. The standard InChI is InChI=1S/C25H24FN5O/c1-17-4-3-5-22(18(17)2)29-12-14-30(15-13-29)25(32)20-10-11-31-23(16-20)27-28-24(31)19-6-8-21(26)9-7-19/h3-11,16H,12-15H2,1-2H3. The zero-order valence-corrected chi connectivity index (χ0v) is 18.1. The number of anilines is 1. The number of aryl methyl sites for hydroxylation is 1. The van der Waals surface area contributed by atoms with Gasteiger partial charge in [0, 0.05) is 49.2 Å². The molecular weight excluding hydrogens is 405 g/mol. The summed E-state index contributed by atoms with van der Waals surface area (Å²) in [6.45, 7) is 7.22. The Morgan fingerprint density at radius 1 is 0.938 bits per heavy atom. The van der Waals surface area contributed by atoms with Crippen LogP contribution >= 0.6 is 0 Å². The molecule has 0 aliphatic carbocycles. The van der Waals surface area contributed by atoms with Crippen LogP contribution < -0.4 is 4.90 Å². The topological polar surface area (TPSA) is 53.7 Å². The summed E-state index contributed by atoms with van der Waals surface area (Å²) >= 11 is 0. The van der Waals surface area contributed by atoms with Gasteiger partial charge >= 0.3 is 0 Å². The maximum atomic E-state index is 13.2. The lowest BCUT2D eigenvalue weighted by atomic mass is 10.1. The van der Waals surface area contributed by atoms with Gasteiger partial charge in [0.15, 0.2) is 11.5 Å². The van der Waals surface area contributed by atoms with Crippen LogP contribution in [0.1, 0.15) is 21.5 Å². The lowest BCUT2D eigenvalue weighted by molar-refractivity contribution is 0.0746. The fraction of sp³-hybridized carbons (Fsp3) is 0.240. The second kappa shape index (κ2) is 8.07. The Morgan fingerprint density at radius 3 is 2.44 bits per heavy atom. The van der Waals surface area contributed by atoms with Crippen LogP contribution in [0, 0.1) is 19.7 Å². The maximum Gasteiger partial charge on any atom is 0.254 e. The summed E-state index contributed by atoms with van der Waals surface area (Å²) in [6, 6.07) is 16.0. The van der Waals surface area contributed by atoms with Gasteiger partial charge in [-0.1, -0.05) is 12.1 Å². The lowest BCUT2D eigenvalue weighted by Crippen LogP contribution is -2.49. The van der Waals surface area contributed by atoms with Crippen LogP contribution in [0.15, 0.2) is 60.8 Å². The van der Waals surface area contributed by atoms with Crippen molar-refractivity contribution in [3.05, 3.63) is 83.3 Å². The zero-order chi connectivity index (χ0) is 22.2. The van der Waals surface area contributed by atoms with E-state index in [1.54, 1.807) is 30.5 Å². The van der Waals surface area contributed by atoms with Crippen molar-refractivity contribution in [2.45, 2.75) is 13.8 Å². The molecule has 0 N–H and O–H groups in total. The minimum absolute atomic E-state index is 0.000513. The zero-order valence-electron chi connectivity index (χ0n) is 18.1. The van der Waals surface area contributed by atoms with E-state index in [1.807, 2.05) is 9.30 Å². The molecular formula is C25H24FN5O. The van der Waals surface area contributed by atoms with Gasteiger partial charge in [-0.2, -0.15) is 0 Å². The van der Waals surface area contributed by atoms with E-state index in [0.29, 0.717) is 30.1 Å². The molecule has 2 aromatic carbocycles. The van der Waals surface area contributed by atoms with Gasteiger partial charge in [-0.3, -0.25) is 9.20 Å². The van der Waals surface area contributed by atoms with Gasteiger partial charge in [0.2, 0.25) is 0 Å². The van der Waals surface area contributed by atoms with Crippen molar-refractivity contribution in [2.75, 3.05) is 31.1 Å². The van der Waals surface area contributed by atoms with Crippen molar-refractivity contribution in [2.24, 2.45) is 0 Å². The molecule has 7 heteroatoms. The molecule has 2 aromatic heterocycles. The van der Waals surface area contributed by atoms with Crippen molar-refractivity contribution >= 4 is 17.2 Å². The normalized spacial score (nSPS) is 14.2. The summed E-state index contributed by atoms with van der Waals surface area (Å²) in [7, 11) is 0. The first-order valence-corrected chi connectivity index (χ1v) is 10.7. The molecule has 3 heterocycles. The second-order valence-corrected chi connectivity index (χ2v) is 8.17. The Morgan fingerprint density at radius 2 is 1.69 bits per heavy atom. The Labute approximate surface area is 185 Å². The smallest absolute Gasteiger partial charge is 0.254 e. The number of carbonyl (C=O) groups is 1. The van der Waals surface area contributed by atoms with Crippen molar-refractivity contribution < 1.29 is 9.18 Å². The van der Waals surface area contributed by atoms with Gasteiger partial charge in [-0.05, 0) is 67.4 Å². The molecule has 0 atom stereocenters. The SMILES string of the molecule is Cc1cccc(N2CCN(C(=O)c3ccn4c(-c5ccc(F)cc5)nnc4c3)CC2)c1C. The first-order valence-electron chi connectivity index (χ1n) is 10.7. The number of hydrogen-bond acceptors (Lipinski definition) is 4. The number of pyridine rings is 1. The lowest BCUT2D eigenvalue weighted by Gasteiger charge is -2.37. The molecule has 32 heavy (non-hydrogen) atoms. The van der Waals surface area contributed by atoms with E-state index in [0.717, 1.165) is 18.7 Å². The highest BCUT2D eigenvalue weighted by atomic mass is 19.1. The molecule has 0 saturated carbocycles. The molecule has 1 aliphatic rings. The predicted octanol–water partition coefficient (Wildman–Crippen LogP) is 4.11. The molecule has 5 rings (SSSR count). The third kappa shape index (κ3) is 3.60. The highest BCUT2D eigenvalue weighted by Gasteiger charge is 2.24. The molecule has 1 fully saturated rings. The van der Waals surface area contributed by atoms with E-state index < -0.39 is 0 Å². The maximum absolute atomic E-state index is 13.2. The van der Waals surface area contributed by atoms with Crippen molar-refractivity contribution in [3.63, 3.8) is 0 Å². The number of halogens is 1. The molecule has 6 nitrogen and oxygen atoms in total. The summed E-state index contributed by atoms with van der Waals surface area (Å²) in [6.07, 6.45) is 1.80. The highest BCUT2D eigenvalue weighted by molar-refractivity contribution is 5.95. The molecule has 1 aliphatic heterocycles. The molecule has 0 unspecified atom stereocenters.